The van der Waals surface area contributed by atoms with Gasteiger partial charge in [-0.15, -0.1) is 0 Å². The van der Waals surface area contributed by atoms with Gasteiger partial charge in [0.2, 0.25) is 5.91 Å². The van der Waals surface area contributed by atoms with Crippen LogP contribution in [0.15, 0.2) is 48.5 Å². The van der Waals surface area contributed by atoms with Crippen molar-refractivity contribution in [2.75, 3.05) is 7.11 Å². The van der Waals surface area contributed by atoms with Crippen molar-refractivity contribution in [1.29, 1.82) is 0 Å². The van der Waals surface area contributed by atoms with Crippen molar-refractivity contribution in [3.8, 4) is 11.5 Å². The standard InChI is InChI=1S/C16H15NO4/c1-21-14-9-5-2-6-11(14)10-15(19)17-16(20)12-7-3-4-8-13(12)18/h2-9,18H,10H2,1H3,(H,17,19,20). The summed E-state index contributed by atoms with van der Waals surface area (Å²) in [5.74, 6) is -0.677. The van der Waals surface area contributed by atoms with Gasteiger partial charge in [-0.1, -0.05) is 30.3 Å². The van der Waals surface area contributed by atoms with Gasteiger partial charge in [-0.25, -0.2) is 0 Å². The third-order valence-electron chi connectivity index (χ3n) is 2.95. The van der Waals surface area contributed by atoms with Gasteiger partial charge in [-0.3, -0.25) is 14.9 Å². The molecule has 108 valence electrons. The molecule has 2 aromatic rings. The predicted molar refractivity (Wildman–Crippen MR) is 77.3 cm³/mol. The number of benzene rings is 2. The van der Waals surface area contributed by atoms with Crippen LogP contribution in [0.5, 0.6) is 11.5 Å². The number of ether oxygens (including phenoxy) is 1. The van der Waals surface area contributed by atoms with E-state index in [9.17, 15) is 14.7 Å². The molecular formula is C16H15NO4. The molecule has 0 saturated heterocycles. The molecule has 0 bridgehead atoms. The Kier molecular flexibility index (Phi) is 4.56. The molecule has 0 saturated carbocycles. The molecule has 5 heteroatoms. The first-order chi connectivity index (χ1) is 10.1. The summed E-state index contributed by atoms with van der Waals surface area (Å²) < 4.78 is 5.15. The molecule has 0 aliphatic heterocycles. The summed E-state index contributed by atoms with van der Waals surface area (Å²) >= 11 is 0. The van der Waals surface area contributed by atoms with E-state index in [2.05, 4.69) is 5.32 Å². The highest BCUT2D eigenvalue weighted by atomic mass is 16.5. The minimum absolute atomic E-state index is 0.0172. The van der Waals surface area contributed by atoms with E-state index in [1.807, 2.05) is 0 Å². The molecule has 2 amide bonds. The first-order valence-electron chi connectivity index (χ1n) is 6.36. The number of nitrogens with one attached hydrogen (secondary N) is 1. The van der Waals surface area contributed by atoms with E-state index >= 15 is 0 Å². The monoisotopic (exact) mass is 285 g/mol. The van der Waals surface area contributed by atoms with E-state index < -0.39 is 11.8 Å². The van der Waals surface area contributed by atoms with Gasteiger partial charge in [0.1, 0.15) is 11.5 Å². The van der Waals surface area contributed by atoms with Crippen LogP contribution in [-0.2, 0) is 11.2 Å². The normalized spacial score (nSPS) is 9.95. The van der Waals surface area contributed by atoms with Gasteiger partial charge in [0.25, 0.3) is 5.91 Å². The van der Waals surface area contributed by atoms with Crippen LogP contribution in [0.2, 0.25) is 0 Å². The van der Waals surface area contributed by atoms with Crippen LogP contribution in [0.4, 0.5) is 0 Å². The Hall–Kier alpha value is -2.82. The minimum atomic E-state index is -0.631. The van der Waals surface area contributed by atoms with Crippen LogP contribution in [0.1, 0.15) is 15.9 Å². The third kappa shape index (κ3) is 3.60. The Balaban J connectivity index is 2.05. The Morgan fingerprint density at radius 2 is 1.76 bits per heavy atom. The number of rotatable bonds is 4. The molecule has 0 spiro atoms. The van der Waals surface area contributed by atoms with E-state index in [0.717, 1.165) is 0 Å². The largest absolute Gasteiger partial charge is 0.507 e. The Bertz CT molecular complexity index is 667. The predicted octanol–water partition coefficient (Wildman–Crippen LogP) is 1.90. The maximum Gasteiger partial charge on any atom is 0.261 e. The molecule has 0 atom stereocenters. The quantitative estimate of drug-likeness (QED) is 0.899. The highest BCUT2D eigenvalue weighted by Gasteiger charge is 2.15. The van der Waals surface area contributed by atoms with E-state index in [4.69, 9.17) is 4.74 Å². The average molecular weight is 285 g/mol. The van der Waals surface area contributed by atoms with Crippen molar-refractivity contribution < 1.29 is 19.4 Å². The summed E-state index contributed by atoms with van der Waals surface area (Å²) in [6.07, 6.45) is 0.0172. The lowest BCUT2D eigenvalue weighted by Crippen LogP contribution is -2.31. The second kappa shape index (κ2) is 6.56. The summed E-state index contributed by atoms with van der Waals surface area (Å²) in [6, 6.07) is 13.1. The average Bonchev–Trinajstić information content (AvgIpc) is 2.48. The number of hydrogen-bond acceptors (Lipinski definition) is 4. The molecule has 0 heterocycles. The zero-order valence-corrected chi connectivity index (χ0v) is 11.5. The van der Waals surface area contributed by atoms with Crippen LogP contribution in [-0.4, -0.2) is 24.0 Å². The molecule has 0 aliphatic rings. The summed E-state index contributed by atoms with van der Waals surface area (Å²) in [4.78, 5) is 23.8. The summed E-state index contributed by atoms with van der Waals surface area (Å²) in [7, 11) is 1.52. The van der Waals surface area contributed by atoms with Crippen LogP contribution in [0.3, 0.4) is 0 Å². The third-order valence-corrected chi connectivity index (χ3v) is 2.95. The van der Waals surface area contributed by atoms with Gasteiger partial charge in [0.15, 0.2) is 0 Å². The first kappa shape index (κ1) is 14.6. The smallest absolute Gasteiger partial charge is 0.261 e. The molecule has 2 rings (SSSR count). The van der Waals surface area contributed by atoms with Crippen molar-refractivity contribution in [2.45, 2.75) is 6.42 Å². The van der Waals surface area contributed by atoms with Gasteiger partial charge in [0.05, 0.1) is 19.1 Å². The highest BCUT2D eigenvalue weighted by Crippen LogP contribution is 2.18. The molecule has 2 aromatic carbocycles. The van der Waals surface area contributed by atoms with E-state index in [0.29, 0.717) is 11.3 Å². The zero-order chi connectivity index (χ0) is 15.2. The Morgan fingerprint density at radius 3 is 2.48 bits per heavy atom. The highest BCUT2D eigenvalue weighted by molar-refractivity contribution is 6.06. The lowest BCUT2D eigenvalue weighted by atomic mass is 10.1. The summed E-state index contributed by atoms with van der Waals surface area (Å²) in [5, 5.41) is 11.8. The fourth-order valence-corrected chi connectivity index (χ4v) is 1.93. The molecule has 5 nitrogen and oxygen atoms in total. The van der Waals surface area contributed by atoms with Crippen molar-refractivity contribution in [1.82, 2.24) is 5.32 Å². The SMILES string of the molecule is COc1ccccc1CC(=O)NC(=O)c1ccccc1O. The number of amides is 2. The molecule has 0 aliphatic carbocycles. The maximum absolute atomic E-state index is 11.9. The van der Waals surface area contributed by atoms with E-state index in [1.165, 1.54) is 19.2 Å². The van der Waals surface area contributed by atoms with Crippen molar-refractivity contribution in [2.24, 2.45) is 0 Å². The minimum Gasteiger partial charge on any atom is -0.507 e. The number of methoxy groups -OCH3 is 1. The number of para-hydroxylation sites is 2. The van der Waals surface area contributed by atoms with Crippen LogP contribution in [0, 0.1) is 0 Å². The number of hydrogen-bond donors (Lipinski definition) is 2. The van der Waals surface area contributed by atoms with Crippen LogP contribution >= 0.6 is 0 Å². The fraction of sp³-hybridized carbons (Fsp3) is 0.125. The lowest BCUT2D eigenvalue weighted by molar-refractivity contribution is -0.119. The maximum atomic E-state index is 11.9. The molecular weight excluding hydrogens is 270 g/mol. The van der Waals surface area contributed by atoms with Crippen LogP contribution < -0.4 is 10.1 Å². The zero-order valence-electron chi connectivity index (χ0n) is 11.5. The lowest BCUT2D eigenvalue weighted by Gasteiger charge is -2.08. The molecule has 0 aromatic heterocycles. The molecule has 2 N–H and O–H groups in total. The van der Waals surface area contributed by atoms with Gasteiger partial charge in [-0.2, -0.15) is 0 Å². The van der Waals surface area contributed by atoms with Crippen molar-refractivity contribution in [3.05, 3.63) is 59.7 Å². The van der Waals surface area contributed by atoms with Gasteiger partial charge in [-0.05, 0) is 18.2 Å². The second-order valence-corrected chi connectivity index (χ2v) is 4.38. The number of aromatic hydroxyl groups is 1. The number of imide groups is 1. The first-order valence-corrected chi connectivity index (χ1v) is 6.36. The van der Waals surface area contributed by atoms with E-state index in [-0.39, 0.29) is 17.7 Å². The topological polar surface area (TPSA) is 75.6 Å². The molecule has 0 unspecified atom stereocenters. The van der Waals surface area contributed by atoms with Gasteiger partial charge in [0, 0.05) is 5.56 Å². The summed E-state index contributed by atoms with van der Waals surface area (Å²) in [5.41, 5.74) is 0.744. The molecule has 21 heavy (non-hydrogen) atoms. The van der Waals surface area contributed by atoms with E-state index in [1.54, 1.807) is 36.4 Å². The van der Waals surface area contributed by atoms with Crippen molar-refractivity contribution in [3.63, 3.8) is 0 Å². The van der Waals surface area contributed by atoms with Crippen molar-refractivity contribution >= 4 is 11.8 Å². The number of carbonyl (C=O) groups is 2. The fourth-order valence-electron chi connectivity index (χ4n) is 1.93. The summed E-state index contributed by atoms with van der Waals surface area (Å²) in [6.45, 7) is 0. The number of carbonyl (C=O) groups excluding carboxylic acids is 2. The van der Waals surface area contributed by atoms with Gasteiger partial charge >= 0.3 is 0 Å². The Morgan fingerprint density at radius 1 is 1.10 bits per heavy atom. The van der Waals surface area contributed by atoms with Gasteiger partial charge < -0.3 is 9.84 Å². The molecule has 0 fully saturated rings. The van der Waals surface area contributed by atoms with Crippen LogP contribution in [0.25, 0.3) is 0 Å². The second-order valence-electron chi connectivity index (χ2n) is 4.38. The number of phenolic OH excluding ortho intramolecular Hbond substituents is 1. The molecule has 0 radical (unpaired) electrons. The number of phenols is 1. The Labute approximate surface area is 122 Å².